The van der Waals surface area contributed by atoms with Crippen LogP contribution in [0.25, 0.3) is 6.08 Å². The van der Waals surface area contributed by atoms with Gasteiger partial charge in [-0.15, -0.1) is 0 Å². The van der Waals surface area contributed by atoms with Crippen LogP contribution in [-0.4, -0.2) is 97.4 Å². The van der Waals surface area contributed by atoms with Crippen molar-refractivity contribution >= 4 is 43.4 Å². The molecule has 43 heavy (non-hydrogen) atoms. The molecule has 2 aliphatic rings. The van der Waals surface area contributed by atoms with Crippen LogP contribution in [0.4, 0.5) is 0 Å². The van der Waals surface area contributed by atoms with E-state index in [9.17, 15) is 15.2 Å². The molecular formula is C30H48B2Cl2N4O5. The van der Waals surface area contributed by atoms with Gasteiger partial charge in [-0.2, -0.15) is 0 Å². The third-order valence-electron chi connectivity index (χ3n) is 7.46. The molecular weight excluding hydrogens is 589 g/mol. The van der Waals surface area contributed by atoms with Gasteiger partial charge < -0.3 is 35.0 Å². The zero-order valence-corrected chi connectivity index (χ0v) is 27.6. The van der Waals surface area contributed by atoms with Gasteiger partial charge in [0, 0.05) is 29.8 Å². The Hall–Kier alpha value is -1.53. The summed E-state index contributed by atoms with van der Waals surface area (Å²) in [6.07, 6.45) is 7.98. The van der Waals surface area contributed by atoms with E-state index in [1.807, 2.05) is 23.9 Å². The zero-order valence-electron chi connectivity index (χ0n) is 26.1. The predicted molar refractivity (Wildman–Crippen MR) is 177 cm³/mol. The van der Waals surface area contributed by atoms with E-state index in [2.05, 4.69) is 21.4 Å². The van der Waals surface area contributed by atoms with Crippen molar-refractivity contribution < 1.29 is 25.4 Å². The Labute approximate surface area is 267 Å². The third-order valence-corrected chi connectivity index (χ3v) is 8.07. The van der Waals surface area contributed by atoms with Crippen LogP contribution in [0.2, 0.25) is 23.7 Å². The molecule has 2 aliphatic heterocycles. The van der Waals surface area contributed by atoms with E-state index in [4.69, 9.17) is 33.4 Å². The number of aliphatic hydroxyl groups is 3. The van der Waals surface area contributed by atoms with Crippen LogP contribution in [-0.2, 0) is 0 Å². The predicted octanol–water partition coefficient (Wildman–Crippen LogP) is 4.50. The van der Waals surface area contributed by atoms with Gasteiger partial charge in [0.15, 0.2) is 0 Å². The van der Waals surface area contributed by atoms with Gasteiger partial charge in [0.1, 0.15) is 6.10 Å². The highest BCUT2D eigenvalue weighted by Gasteiger charge is 2.28. The van der Waals surface area contributed by atoms with Crippen molar-refractivity contribution in [2.75, 3.05) is 32.8 Å². The van der Waals surface area contributed by atoms with Gasteiger partial charge in [-0.25, -0.2) is 0 Å². The van der Waals surface area contributed by atoms with E-state index < -0.39 is 18.8 Å². The van der Waals surface area contributed by atoms with Crippen LogP contribution in [0, 0.1) is 0 Å². The number of piperidine rings is 2. The summed E-state index contributed by atoms with van der Waals surface area (Å²) < 4.78 is 0. The Morgan fingerprint density at radius 3 is 1.63 bits per heavy atom. The lowest BCUT2D eigenvalue weighted by atomic mass is 9.80. The van der Waals surface area contributed by atoms with Crippen molar-refractivity contribution in [2.24, 2.45) is 0 Å². The van der Waals surface area contributed by atoms with Crippen LogP contribution in [0.5, 0.6) is 0 Å². The van der Waals surface area contributed by atoms with Crippen LogP contribution < -0.4 is 0 Å². The molecule has 2 aromatic heterocycles. The Morgan fingerprint density at radius 1 is 0.907 bits per heavy atom. The molecule has 2 fully saturated rings. The Kier molecular flexibility index (Phi) is 15.6. The highest BCUT2D eigenvalue weighted by atomic mass is 35.5. The molecule has 5 N–H and O–H groups in total. The number of rotatable bonds is 7. The van der Waals surface area contributed by atoms with Gasteiger partial charge in [0.2, 0.25) is 0 Å². The molecule has 0 amide bonds. The molecule has 4 rings (SSSR count). The highest BCUT2D eigenvalue weighted by molar-refractivity contribution is 6.45. The molecule has 9 nitrogen and oxygen atoms in total. The molecule has 0 saturated carbocycles. The maximum Gasteiger partial charge on any atom is 0.376 e. The smallest absolute Gasteiger partial charge is 0.376 e. The maximum absolute atomic E-state index is 9.57. The summed E-state index contributed by atoms with van der Waals surface area (Å²) in [5, 5.41) is 47.4. The van der Waals surface area contributed by atoms with Crippen molar-refractivity contribution in [1.29, 1.82) is 0 Å². The minimum atomic E-state index is -0.939. The topological polar surface area (TPSA) is 133 Å². The fourth-order valence-electron chi connectivity index (χ4n) is 5.02. The molecule has 0 radical (unpaired) electrons. The van der Waals surface area contributed by atoms with E-state index in [1.165, 1.54) is 0 Å². The van der Waals surface area contributed by atoms with Gasteiger partial charge in [-0.3, -0.25) is 9.97 Å². The number of aliphatic hydroxyl groups excluding tert-OH is 2. The lowest BCUT2D eigenvalue weighted by Crippen LogP contribution is -2.42. The minimum absolute atomic E-state index is 0.276. The van der Waals surface area contributed by atoms with Gasteiger partial charge in [0.25, 0.3) is 0 Å². The largest absolute Gasteiger partial charge is 0.437 e. The molecule has 0 unspecified atom stereocenters. The average molecular weight is 637 g/mol. The second-order valence-corrected chi connectivity index (χ2v) is 13.0. The first-order valence-electron chi connectivity index (χ1n) is 14.9. The van der Waals surface area contributed by atoms with Gasteiger partial charge in [-0.1, -0.05) is 35.9 Å². The number of nitrogens with zero attached hydrogens (tertiary/aromatic N) is 4. The molecule has 238 valence electrons. The first-order chi connectivity index (χ1) is 20.1. The Bertz CT molecular complexity index is 1130. The van der Waals surface area contributed by atoms with E-state index in [-0.39, 0.29) is 19.6 Å². The van der Waals surface area contributed by atoms with E-state index in [1.54, 1.807) is 45.9 Å². The number of aromatic nitrogens is 2. The molecule has 4 heterocycles. The summed E-state index contributed by atoms with van der Waals surface area (Å²) in [4.78, 5) is 12.9. The Balaban J connectivity index is 0.000000261. The van der Waals surface area contributed by atoms with Crippen molar-refractivity contribution in [3.63, 3.8) is 0 Å². The van der Waals surface area contributed by atoms with Crippen LogP contribution >= 0.6 is 23.2 Å². The standard InChI is InChI=1S/C13H20BClN2O3.C13H18BClN2O.C4H10O/c1-14(20)17-4-2-9(3-5-17)13-11(15)6-10(7-16-13)12(19)8-18;1-3-10-8-12(15)13(16-9-10)11-4-6-17(7-5-11)14(2)18;1-4(2,3)5/h6-7,9,12,18-20H,2-5,8H2,1H3;3,8-9,11,18H,1,4-7H2,2H3;5H,1-3H3/t12-;;/m1../s1. The van der Waals surface area contributed by atoms with Crippen LogP contribution in [0.15, 0.2) is 31.1 Å². The summed E-state index contributed by atoms with van der Waals surface area (Å²) in [6, 6.07) is 3.59. The second kappa shape index (κ2) is 17.8. The fraction of sp³-hybridized carbons (Fsp3) is 0.600. The number of hydrogen-bond acceptors (Lipinski definition) is 9. The average Bonchev–Trinajstić information content (AvgIpc) is 2.96. The molecule has 2 aromatic rings. The van der Waals surface area contributed by atoms with Gasteiger partial charge in [0.05, 0.1) is 33.6 Å². The first-order valence-corrected chi connectivity index (χ1v) is 15.7. The minimum Gasteiger partial charge on any atom is -0.437 e. The normalized spacial score (nSPS) is 17.7. The van der Waals surface area contributed by atoms with E-state index in [0.29, 0.717) is 16.5 Å². The lowest BCUT2D eigenvalue weighted by Gasteiger charge is -2.32. The summed E-state index contributed by atoms with van der Waals surface area (Å²) in [5.74, 6) is 0.671. The summed E-state index contributed by atoms with van der Waals surface area (Å²) in [5.41, 5.74) is 2.80. The highest BCUT2D eigenvalue weighted by Crippen LogP contribution is 2.33. The third kappa shape index (κ3) is 12.8. The maximum atomic E-state index is 9.57. The quantitative estimate of drug-likeness (QED) is 0.279. The lowest BCUT2D eigenvalue weighted by molar-refractivity contribution is 0.0953. The van der Waals surface area contributed by atoms with E-state index >= 15 is 0 Å². The summed E-state index contributed by atoms with van der Waals surface area (Å²) >= 11 is 12.5. The van der Waals surface area contributed by atoms with Gasteiger partial charge >= 0.3 is 14.1 Å². The van der Waals surface area contributed by atoms with Crippen molar-refractivity contribution in [1.82, 2.24) is 19.6 Å². The first kappa shape index (κ1) is 37.7. The monoisotopic (exact) mass is 636 g/mol. The van der Waals surface area contributed by atoms with E-state index in [0.717, 1.165) is 73.8 Å². The number of pyridine rings is 2. The van der Waals surface area contributed by atoms with Crippen molar-refractivity contribution in [3.8, 4) is 0 Å². The molecule has 0 spiro atoms. The molecule has 0 bridgehead atoms. The second-order valence-electron chi connectivity index (χ2n) is 12.2. The fourth-order valence-corrected chi connectivity index (χ4v) is 5.68. The number of halogens is 2. The van der Waals surface area contributed by atoms with Gasteiger partial charge in [-0.05, 0) is 104 Å². The van der Waals surface area contributed by atoms with Crippen LogP contribution in [0.3, 0.4) is 0 Å². The molecule has 0 aromatic carbocycles. The number of hydrogen-bond donors (Lipinski definition) is 5. The molecule has 13 heteroatoms. The van der Waals surface area contributed by atoms with Crippen molar-refractivity contribution in [2.45, 2.75) is 83.6 Å². The summed E-state index contributed by atoms with van der Waals surface area (Å²) in [6.45, 7) is 15.6. The summed E-state index contributed by atoms with van der Waals surface area (Å²) in [7, 11) is -0.779. The Morgan fingerprint density at radius 2 is 1.30 bits per heavy atom. The van der Waals surface area contributed by atoms with Crippen LogP contribution in [0.1, 0.15) is 86.9 Å². The zero-order chi connectivity index (χ0) is 32.3. The SMILES string of the molecule is C=Cc1cnc(C2CCN(B(C)O)CC2)c(Cl)c1.CB(O)N1CCC(c2ncc([C@H](O)CO)cc2Cl)CC1.CC(C)(C)O. The molecule has 2 saturated heterocycles. The molecule has 1 atom stereocenters. The van der Waals surface area contributed by atoms with Crippen molar-refractivity contribution in [3.05, 3.63) is 63.7 Å². The molecule has 0 aliphatic carbocycles.